The molecule has 3 N–H and O–H groups in total. The SMILES string of the molecule is NC(/C(=C1\NC(c2ccccc2)=CC2C=CC(c3nc(-c4ccccc4)cc(-c4ccccc4)n3)=CC12)c1ccccc1)c1ccccc1. The van der Waals surface area contributed by atoms with E-state index in [4.69, 9.17) is 15.7 Å². The van der Waals surface area contributed by atoms with Gasteiger partial charge in [0.15, 0.2) is 5.82 Å². The molecule has 2 aliphatic rings. The highest BCUT2D eigenvalue weighted by atomic mass is 14.9. The Hall–Kier alpha value is -6.10. The van der Waals surface area contributed by atoms with E-state index in [2.05, 4.69) is 145 Å². The molecule has 0 saturated heterocycles. The Morgan fingerprint density at radius 3 is 1.67 bits per heavy atom. The number of nitrogens with zero attached hydrogens (tertiary/aromatic N) is 2. The van der Waals surface area contributed by atoms with E-state index in [0.29, 0.717) is 5.82 Å². The summed E-state index contributed by atoms with van der Waals surface area (Å²) in [6, 6.07) is 53.8. The van der Waals surface area contributed by atoms with Crippen LogP contribution in [0.3, 0.4) is 0 Å². The van der Waals surface area contributed by atoms with Gasteiger partial charge in [0.25, 0.3) is 0 Å². The molecule has 4 heteroatoms. The summed E-state index contributed by atoms with van der Waals surface area (Å²) in [7, 11) is 0. The van der Waals surface area contributed by atoms with Crippen LogP contribution >= 0.6 is 0 Å². The van der Waals surface area contributed by atoms with E-state index >= 15 is 0 Å². The minimum atomic E-state index is -0.355. The Bertz CT molecular complexity index is 2130. The second kappa shape index (κ2) is 13.6. The summed E-state index contributed by atoms with van der Waals surface area (Å²) in [5, 5.41) is 3.91. The van der Waals surface area contributed by atoms with E-state index in [1.54, 1.807) is 0 Å². The molecular formula is C45H36N4. The summed E-state index contributed by atoms with van der Waals surface area (Å²) < 4.78 is 0. The van der Waals surface area contributed by atoms with Gasteiger partial charge in [-0.1, -0.05) is 176 Å². The molecule has 0 saturated carbocycles. The Labute approximate surface area is 287 Å². The van der Waals surface area contributed by atoms with Gasteiger partial charge in [-0.15, -0.1) is 0 Å². The lowest BCUT2D eigenvalue weighted by atomic mass is 9.76. The zero-order valence-corrected chi connectivity index (χ0v) is 27.0. The van der Waals surface area contributed by atoms with E-state index in [0.717, 1.165) is 61.7 Å². The molecule has 0 amide bonds. The first-order valence-electron chi connectivity index (χ1n) is 16.8. The summed E-state index contributed by atoms with van der Waals surface area (Å²) in [5.41, 5.74) is 18.6. The molecular weight excluding hydrogens is 597 g/mol. The van der Waals surface area contributed by atoms with Crippen LogP contribution in [0, 0.1) is 11.8 Å². The number of benzene rings is 5. The second-order valence-electron chi connectivity index (χ2n) is 12.4. The minimum Gasteiger partial charge on any atom is -0.358 e. The van der Waals surface area contributed by atoms with Gasteiger partial charge < -0.3 is 11.1 Å². The average Bonchev–Trinajstić information content (AvgIpc) is 3.19. The Morgan fingerprint density at radius 2 is 1.10 bits per heavy atom. The molecule has 49 heavy (non-hydrogen) atoms. The standard InChI is InChI=1S/C45H36N4/c46-43(35-24-14-5-15-25-35)42(34-22-12-4-13-23-34)44-38-28-37(27-26-36(38)29-39(47-44)31-16-6-1-7-17-31)45-48-40(32-18-8-2-9-19-32)30-41(49-45)33-20-10-3-11-21-33/h1-30,36,38,43,47H,46H2/b44-42-. The van der Waals surface area contributed by atoms with Crippen molar-refractivity contribution in [1.82, 2.24) is 15.3 Å². The first-order valence-corrected chi connectivity index (χ1v) is 16.8. The predicted molar refractivity (Wildman–Crippen MR) is 201 cm³/mol. The molecule has 5 aromatic carbocycles. The lowest BCUT2D eigenvalue weighted by Crippen LogP contribution is -2.32. The molecule has 4 nitrogen and oxygen atoms in total. The number of fused-ring (bicyclic) bond motifs is 1. The third kappa shape index (κ3) is 6.30. The fourth-order valence-corrected chi connectivity index (χ4v) is 6.81. The minimum absolute atomic E-state index is 0.0263. The lowest BCUT2D eigenvalue weighted by Gasteiger charge is -2.36. The summed E-state index contributed by atoms with van der Waals surface area (Å²) in [6.45, 7) is 0. The van der Waals surface area contributed by atoms with Crippen molar-refractivity contribution in [2.75, 3.05) is 0 Å². The van der Waals surface area contributed by atoms with Crippen LogP contribution in [0.4, 0.5) is 0 Å². The quantitative estimate of drug-likeness (QED) is 0.184. The predicted octanol–water partition coefficient (Wildman–Crippen LogP) is 9.75. The maximum absolute atomic E-state index is 7.24. The van der Waals surface area contributed by atoms with Gasteiger partial charge in [0.1, 0.15) is 0 Å². The van der Waals surface area contributed by atoms with E-state index in [1.807, 2.05) is 42.5 Å². The Balaban J connectivity index is 1.32. The van der Waals surface area contributed by atoms with Crippen molar-refractivity contribution < 1.29 is 0 Å². The molecule has 1 aromatic heterocycles. The molecule has 1 aliphatic carbocycles. The first kappa shape index (κ1) is 30.2. The third-order valence-corrected chi connectivity index (χ3v) is 9.29. The van der Waals surface area contributed by atoms with Crippen LogP contribution in [0.15, 0.2) is 188 Å². The highest BCUT2D eigenvalue weighted by Crippen LogP contribution is 2.43. The summed E-state index contributed by atoms with van der Waals surface area (Å²) in [6.07, 6.45) is 9.13. The lowest BCUT2D eigenvalue weighted by molar-refractivity contribution is 0.585. The zero-order valence-electron chi connectivity index (χ0n) is 27.0. The molecule has 236 valence electrons. The molecule has 0 fully saturated rings. The average molecular weight is 633 g/mol. The number of hydrogen-bond acceptors (Lipinski definition) is 4. The third-order valence-electron chi connectivity index (χ3n) is 9.29. The molecule has 1 aliphatic heterocycles. The highest BCUT2D eigenvalue weighted by molar-refractivity contribution is 5.82. The molecule has 8 rings (SSSR count). The normalized spacial score (nSPS) is 18.4. The first-order chi connectivity index (χ1) is 24.2. The number of nitrogens with two attached hydrogens (primary N) is 1. The molecule has 0 bridgehead atoms. The van der Waals surface area contributed by atoms with E-state index in [9.17, 15) is 0 Å². The smallest absolute Gasteiger partial charge is 0.160 e. The molecule has 0 radical (unpaired) electrons. The van der Waals surface area contributed by atoms with Gasteiger partial charge in [0, 0.05) is 45.5 Å². The van der Waals surface area contributed by atoms with Crippen LogP contribution in [0.5, 0.6) is 0 Å². The Morgan fingerprint density at radius 1 is 0.592 bits per heavy atom. The van der Waals surface area contributed by atoms with Gasteiger partial charge in [-0.05, 0) is 22.8 Å². The van der Waals surface area contributed by atoms with Crippen LogP contribution in [-0.2, 0) is 0 Å². The molecule has 2 heterocycles. The molecule has 3 atom stereocenters. The summed E-state index contributed by atoms with van der Waals surface area (Å²) >= 11 is 0. The number of aromatic nitrogens is 2. The summed E-state index contributed by atoms with van der Waals surface area (Å²) in [5.74, 6) is 0.769. The molecule has 0 spiro atoms. The maximum Gasteiger partial charge on any atom is 0.160 e. The van der Waals surface area contributed by atoms with Crippen molar-refractivity contribution in [2.45, 2.75) is 6.04 Å². The van der Waals surface area contributed by atoms with E-state index < -0.39 is 0 Å². The number of allylic oxidation sites excluding steroid dienone is 5. The number of rotatable bonds is 7. The Kier molecular flexibility index (Phi) is 8.37. The van der Waals surface area contributed by atoms with E-state index in [1.165, 1.54) is 0 Å². The van der Waals surface area contributed by atoms with Crippen molar-refractivity contribution in [1.29, 1.82) is 0 Å². The maximum atomic E-state index is 7.24. The van der Waals surface area contributed by atoms with Crippen LogP contribution in [0.1, 0.15) is 28.6 Å². The van der Waals surface area contributed by atoms with Gasteiger partial charge in [-0.25, -0.2) is 9.97 Å². The second-order valence-corrected chi connectivity index (χ2v) is 12.4. The van der Waals surface area contributed by atoms with Crippen molar-refractivity contribution in [3.63, 3.8) is 0 Å². The number of nitrogens with one attached hydrogen (secondary N) is 1. The van der Waals surface area contributed by atoms with Gasteiger partial charge in [0.2, 0.25) is 0 Å². The van der Waals surface area contributed by atoms with Gasteiger partial charge in [-0.2, -0.15) is 0 Å². The van der Waals surface area contributed by atoms with Crippen LogP contribution < -0.4 is 11.1 Å². The van der Waals surface area contributed by atoms with Crippen molar-refractivity contribution in [3.05, 3.63) is 210 Å². The fourth-order valence-electron chi connectivity index (χ4n) is 6.81. The fraction of sp³-hybridized carbons (Fsp3) is 0.0667. The van der Waals surface area contributed by atoms with Crippen molar-refractivity contribution in [3.8, 4) is 22.5 Å². The van der Waals surface area contributed by atoms with Gasteiger partial charge >= 0.3 is 0 Å². The molecule has 3 unspecified atom stereocenters. The zero-order chi connectivity index (χ0) is 33.0. The van der Waals surface area contributed by atoms with Crippen LogP contribution in [-0.4, -0.2) is 9.97 Å². The highest BCUT2D eigenvalue weighted by Gasteiger charge is 2.33. The van der Waals surface area contributed by atoms with Gasteiger partial charge in [-0.3, -0.25) is 0 Å². The van der Waals surface area contributed by atoms with Crippen LogP contribution in [0.25, 0.3) is 39.4 Å². The van der Waals surface area contributed by atoms with Crippen molar-refractivity contribution in [2.24, 2.45) is 17.6 Å². The van der Waals surface area contributed by atoms with Gasteiger partial charge in [0.05, 0.1) is 17.4 Å². The van der Waals surface area contributed by atoms with Crippen LogP contribution in [0.2, 0.25) is 0 Å². The monoisotopic (exact) mass is 632 g/mol. The number of hydrogen-bond donors (Lipinski definition) is 2. The molecule has 6 aromatic rings. The van der Waals surface area contributed by atoms with E-state index in [-0.39, 0.29) is 17.9 Å². The topological polar surface area (TPSA) is 63.8 Å². The summed E-state index contributed by atoms with van der Waals surface area (Å²) in [4.78, 5) is 10.3. The van der Waals surface area contributed by atoms with Crippen molar-refractivity contribution >= 4 is 16.8 Å². The largest absolute Gasteiger partial charge is 0.358 e.